The predicted molar refractivity (Wildman–Crippen MR) is 63.4 cm³/mol. The van der Waals surface area contributed by atoms with Crippen LogP contribution in [0.4, 0.5) is 0 Å². The van der Waals surface area contributed by atoms with E-state index in [0.29, 0.717) is 11.6 Å². The number of rotatable bonds is 4. The lowest BCUT2D eigenvalue weighted by molar-refractivity contribution is 0.0930. The summed E-state index contributed by atoms with van der Waals surface area (Å²) >= 11 is 5.59. The van der Waals surface area contributed by atoms with Crippen LogP contribution in [0.1, 0.15) is 37.7 Å². The monoisotopic (exact) mass is 241 g/mol. The van der Waals surface area contributed by atoms with Gasteiger partial charge in [-0.2, -0.15) is 0 Å². The Labute approximate surface area is 100 Å². The third-order valence-corrected chi connectivity index (χ3v) is 2.27. The van der Waals surface area contributed by atoms with Gasteiger partial charge in [-0.15, -0.1) is 10.2 Å². The first-order valence-electron chi connectivity index (χ1n) is 5.29. The van der Waals surface area contributed by atoms with E-state index in [4.69, 9.17) is 11.6 Å². The highest BCUT2D eigenvalue weighted by atomic mass is 35.5. The molecule has 0 aliphatic heterocycles. The minimum atomic E-state index is -0.211. The number of carbonyl (C=O) groups is 1. The lowest BCUT2D eigenvalue weighted by Gasteiger charge is -2.15. The van der Waals surface area contributed by atoms with Crippen molar-refractivity contribution in [3.05, 3.63) is 23.0 Å². The summed E-state index contributed by atoms with van der Waals surface area (Å²) in [5.41, 5.74) is 0.292. The molecule has 0 aliphatic carbocycles. The van der Waals surface area contributed by atoms with Crippen molar-refractivity contribution >= 4 is 17.5 Å². The largest absolute Gasteiger partial charge is 0.348 e. The van der Waals surface area contributed by atoms with E-state index in [9.17, 15) is 4.79 Å². The van der Waals surface area contributed by atoms with Crippen molar-refractivity contribution in [1.82, 2.24) is 15.5 Å². The fourth-order valence-electron chi connectivity index (χ4n) is 1.50. The molecule has 1 unspecified atom stereocenters. The zero-order valence-electron chi connectivity index (χ0n) is 9.70. The lowest BCUT2D eigenvalue weighted by atomic mass is 10.1. The molecule has 0 saturated carbocycles. The minimum absolute atomic E-state index is 0.130. The van der Waals surface area contributed by atoms with Crippen LogP contribution < -0.4 is 5.32 Å². The zero-order valence-corrected chi connectivity index (χ0v) is 10.5. The molecule has 5 heteroatoms. The number of hydrogen-bond acceptors (Lipinski definition) is 3. The number of hydrogen-bond donors (Lipinski definition) is 1. The van der Waals surface area contributed by atoms with Crippen molar-refractivity contribution in [2.45, 2.75) is 33.2 Å². The Morgan fingerprint density at radius 3 is 2.56 bits per heavy atom. The van der Waals surface area contributed by atoms with Crippen molar-refractivity contribution in [2.75, 3.05) is 0 Å². The molecule has 0 aromatic carbocycles. The molecule has 1 N–H and O–H groups in total. The molecule has 0 spiro atoms. The summed E-state index contributed by atoms with van der Waals surface area (Å²) in [4.78, 5) is 11.7. The van der Waals surface area contributed by atoms with Gasteiger partial charge in [0.25, 0.3) is 5.91 Å². The van der Waals surface area contributed by atoms with E-state index in [-0.39, 0.29) is 17.1 Å². The Morgan fingerprint density at radius 1 is 1.38 bits per heavy atom. The lowest BCUT2D eigenvalue weighted by Crippen LogP contribution is -2.34. The quantitative estimate of drug-likeness (QED) is 0.880. The van der Waals surface area contributed by atoms with Crippen LogP contribution >= 0.6 is 11.6 Å². The SMILES string of the molecule is CC(C)CC(C)NC(=O)c1ccc(Cl)nn1. The fourth-order valence-corrected chi connectivity index (χ4v) is 1.60. The summed E-state index contributed by atoms with van der Waals surface area (Å²) in [6, 6.07) is 3.24. The maximum Gasteiger partial charge on any atom is 0.272 e. The molecular weight excluding hydrogens is 226 g/mol. The number of nitrogens with zero attached hydrogens (tertiary/aromatic N) is 2. The second-order valence-electron chi connectivity index (χ2n) is 4.25. The van der Waals surface area contributed by atoms with Crippen molar-refractivity contribution in [2.24, 2.45) is 5.92 Å². The predicted octanol–water partition coefficient (Wildman–Crippen LogP) is 2.29. The molecule has 0 bridgehead atoms. The molecular formula is C11H16ClN3O. The van der Waals surface area contributed by atoms with Gasteiger partial charge in [0, 0.05) is 6.04 Å². The Hall–Kier alpha value is -1.16. The average Bonchev–Trinajstić information content (AvgIpc) is 2.16. The van der Waals surface area contributed by atoms with Gasteiger partial charge in [-0.3, -0.25) is 4.79 Å². The summed E-state index contributed by atoms with van der Waals surface area (Å²) < 4.78 is 0. The van der Waals surface area contributed by atoms with Gasteiger partial charge in [-0.25, -0.2) is 0 Å². The number of carbonyl (C=O) groups excluding carboxylic acids is 1. The maximum atomic E-state index is 11.7. The fraction of sp³-hybridized carbons (Fsp3) is 0.545. The van der Waals surface area contributed by atoms with Gasteiger partial charge in [-0.1, -0.05) is 25.4 Å². The first-order chi connectivity index (χ1) is 7.49. The van der Waals surface area contributed by atoms with Crippen LogP contribution in [-0.2, 0) is 0 Å². The number of halogens is 1. The van der Waals surface area contributed by atoms with Crippen LogP contribution in [-0.4, -0.2) is 22.1 Å². The van der Waals surface area contributed by atoms with Gasteiger partial charge in [0.1, 0.15) is 0 Å². The molecule has 0 fully saturated rings. The molecule has 1 aromatic rings. The third kappa shape index (κ3) is 4.14. The van der Waals surface area contributed by atoms with Crippen molar-refractivity contribution in [1.29, 1.82) is 0 Å². The maximum absolute atomic E-state index is 11.7. The molecule has 4 nitrogen and oxygen atoms in total. The topological polar surface area (TPSA) is 54.9 Å². The Balaban J connectivity index is 2.55. The normalized spacial score (nSPS) is 12.6. The van der Waals surface area contributed by atoms with E-state index in [1.165, 1.54) is 0 Å². The smallest absolute Gasteiger partial charge is 0.272 e. The molecule has 0 radical (unpaired) electrons. The summed E-state index contributed by atoms with van der Waals surface area (Å²) in [5, 5.41) is 10.5. The van der Waals surface area contributed by atoms with E-state index in [2.05, 4.69) is 29.4 Å². The molecule has 0 aliphatic rings. The Morgan fingerprint density at radius 2 is 2.06 bits per heavy atom. The first-order valence-corrected chi connectivity index (χ1v) is 5.67. The third-order valence-electron chi connectivity index (χ3n) is 2.07. The molecule has 1 atom stereocenters. The van der Waals surface area contributed by atoms with Crippen LogP contribution in [0.3, 0.4) is 0 Å². The first kappa shape index (κ1) is 12.9. The van der Waals surface area contributed by atoms with Gasteiger partial charge in [0.2, 0.25) is 0 Å². The number of aromatic nitrogens is 2. The summed E-state index contributed by atoms with van der Waals surface area (Å²) in [6.45, 7) is 6.21. The van der Waals surface area contributed by atoms with Crippen LogP contribution in [0.15, 0.2) is 12.1 Å². The van der Waals surface area contributed by atoms with Crippen LogP contribution in [0, 0.1) is 5.92 Å². The molecule has 16 heavy (non-hydrogen) atoms. The molecule has 88 valence electrons. The van der Waals surface area contributed by atoms with Gasteiger partial charge in [0.15, 0.2) is 10.8 Å². The number of nitrogens with one attached hydrogen (secondary N) is 1. The standard InChI is InChI=1S/C11H16ClN3O/c1-7(2)6-8(3)13-11(16)9-4-5-10(12)15-14-9/h4-5,7-8H,6H2,1-3H3,(H,13,16). The zero-order chi connectivity index (χ0) is 12.1. The number of amides is 1. The van der Waals surface area contributed by atoms with Crippen LogP contribution in [0.2, 0.25) is 5.15 Å². The van der Waals surface area contributed by atoms with Crippen LogP contribution in [0.25, 0.3) is 0 Å². The van der Waals surface area contributed by atoms with E-state index >= 15 is 0 Å². The van der Waals surface area contributed by atoms with Crippen LogP contribution in [0.5, 0.6) is 0 Å². The molecule has 1 heterocycles. The van der Waals surface area contributed by atoms with Gasteiger partial charge in [0.05, 0.1) is 0 Å². The Bertz CT molecular complexity index is 351. The summed E-state index contributed by atoms with van der Waals surface area (Å²) in [7, 11) is 0. The summed E-state index contributed by atoms with van der Waals surface area (Å²) in [6.07, 6.45) is 0.937. The molecule has 1 rings (SSSR count). The molecule has 1 amide bonds. The molecule has 1 aromatic heterocycles. The van der Waals surface area contributed by atoms with Gasteiger partial charge >= 0.3 is 0 Å². The Kier molecular flexibility index (Phi) is 4.68. The molecule has 0 saturated heterocycles. The average molecular weight is 242 g/mol. The van der Waals surface area contributed by atoms with E-state index in [1.807, 2.05) is 6.92 Å². The van der Waals surface area contributed by atoms with Crippen molar-refractivity contribution < 1.29 is 4.79 Å². The van der Waals surface area contributed by atoms with Gasteiger partial charge < -0.3 is 5.32 Å². The highest BCUT2D eigenvalue weighted by Gasteiger charge is 2.12. The minimum Gasteiger partial charge on any atom is -0.348 e. The van der Waals surface area contributed by atoms with E-state index in [1.54, 1.807) is 12.1 Å². The van der Waals surface area contributed by atoms with Crippen molar-refractivity contribution in [3.8, 4) is 0 Å². The van der Waals surface area contributed by atoms with Crippen molar-refractivity contribution in [3.63, 3.8) is 0 Å². The highest BCUT2D eigenvalue weighted by Crippen LogP contribution is 2.06. The second kappa shape index (κ2) is 5.80. The second-order valence-corrected chi connectivity index (χ2v) is 4.63. The summed E-state index contributed by atoms with van der Waals surface area (Å²) in [5.74, 6) is 0.337. The highest BCUT2D eigenvalue weighted by molar-refractivity contribution is 6.29. The van der Waals surface area contributed by atoms with E-state index in [0.717, 1.165) is 6.42 Å². The van der Waals surface area contributed by atoms with E-state index < -0.39 is 0 Å². The van der Waals surface area contributed by atoms with Gasteiger partial charge in [-0.05, 0) is 31.4 Å².